The number of fused-ring (bicyclic) bond motifs is 3. The van der Waals surface area contributed by atoms with E-state index in [4.69, 9.17) is 0 Å². The smallest absolute Gasteiger partial charge is 0.253 e. The lowest BCUT2D eigenvalue weighted by Gasteiger charge is -2.18. The lowest BCUT2D eigenvalue weighted by molar-refractivity contribution is 0.820. The third-order valence-corrected chi connectivity index (χ3v) is 2.93. The van der Waals surface area contributed by atoms with Crippen LogP contribution in [0, 0.1) is 0 Å². The third-order valence-electron chi connectivity index (χ3n) is 2.93. The average molecular weight is 310 g/mol. The first-order chi connectivity index (χ1) is 7.36. The Morgan fingerprint density at radius 3 is 2.56 bits per heavy atom. The van der Waals surface area contributed by atoms with Crippen LogP contribution < -0.4 is 10.9 Å². The van der Waals surface area contributed by atoms with E-state index in [0.29, 0.717) is 0 Å². The van der Waals surface area contributed by atoms with Gasteiger partial charge in [-0.2, -0.15) is 0 Å². The van der Waals surface area contributed by atoms with Crippen molar-refractivity contribution in [2.75, 3.05) is 11.9 Å². The molecule has 2 N–H and O–H groups in total. The number of aromatic nitrogens is 1. The summed E-state index contributed by atoms with van der Waals surface area (Å²) in [6, 6.07) is 7.92. The van der Waals surface area contributed by atoms with Crippen LogP contribution in [0.4, 0.5) is 5.69 Å². The van der Waals surface area contributed by atoms with Crippen LogP contribution in [0.5, 0.6) is 0 Å². The first-order valence-corrected chi connectivity index (χ1v) is 5.24. The molecule has 3 rings (SSSR count). The molecule has 1 aromatic carbocycles. The molecule has 18 heavy (non-hydrogen) atoms. The van der Waals surface area contributed by atoms with E-state index in [9.17, 15) is 4.79 Å². The Hall–Kier alpha value is -0.900. The highest BCUT2D eigenvalue weighted by atomic mass is 35.5. The number of hydrogen-bond acceptors (Lipinski definition) is 2. The molecule has 0 saturated carbocycles. The fourth-order valence-corrected chi connectivity index (χ4v) is 2.20. The van der Waals surface area contributed by atoms with Gasteiger partial charge in [-0.25, -0.2) is 0 Å². The first kappa shape index (κ1) is 17.1. The van der Waals surface area contributed by atoms with Gasteiger partial charge in [-0.05, 0) is 18.9 Å². The number of anilines is 1. The molecule has 2 aromatic rings. The monoisotopic (exact) mass is 308 g/mol. The molecule has 0 unspecified atom stereocenters. The van der Waals surface area contributed by atoms with Gasteiger partial charge in [0, 0.05) is 17.5 Å². The van der Waals surface area contributed by atoms with Gasteiger partial charge in [0.1, 0.15) is 0 Å². The second kappa shape index (κ2) is 6.88. The van der Waals surface area contributed by atoms with Gasteiger partial charge < -0.3 is 10.3 Å². The Kier molecular flexibility index (Phi) is 6.54. The van der Waals surface area contributed by atoms with Gasteiger partial charge in [-0.15, -0.1) is 37.2 Å². The third kappa shape index (κ3) is 2.74. The second-order valence-electron chi connectivity index (χ2n) is 3.88. The molecule has 6 heteroatoms. The zero-order valence-corrected chi connectivity index (χ0v) is 12.0. The molecular weight excluding hydrogens is 295 g/mol. The number of nitrogens with one attached hydrogen (secondary N) is 2. The summed E-state index contributed by atoms with van der Waals surface area (Å²) in [4.78, 5) is 14.7. The summed E-state index contributed by atoms with van der Waals surface area (Å²) in [5.41, 5.74) is 2.90. The maximum atomic E-state index is 11.8. The molecule has 0 bridgehead atoms. The summed E-state index contributed by atoms with van der Waals surface area (Å²) in [5, 5.41) is 4.44. The number of hydrogen-bond donors (Lipinski definition) is 2. The Morgan fingerprint density at radius 2 is 1.78 bits per heavy atom. The number of H-pyrrole nitrogens is 1. The van der Waals surface area contributed by atoms with E-state index in [1.807, 2.05) is 24.3 Å². The number of aromatic amines is 1. The molecule has 100 valence electrons. The second-order valence-corrected chi connectivity index (χ2v) is 3.88. The number of rotatable bonds is 0. The van der Waals surface area contributed by atoms with Crippen molar-refractivity contribution < 1.29 is 0 Å². The van der Waals surface area contributed by atoms with Crippen LogP contribution in [-0.2, 0) is 6.42 Å². The normalized spacial score (nSPS) is 12.2. The molecule has 2 heterocycles. The van der Waals surface area contributed by atoms with Crippen molar-refractivity contribution in [3.63, 3.8) is 0 Å². The van der Waals surface area contributed by atoms with Gasteiger partial charge in [0.05, 0.1) is 11.2 Å². The van der Waals surface area contributed by atoms with E-state index in [2.05, 4.69) is 10.3 Å². The first-order valence-electron chi connectivity index (χ1n) is 5.24. The molecular formula is C12H15Cl3N2O. The summed E-state index contributed by atoms with van der Waals surface area (Å²) < 4.78 is 0. The predicted molar refractivity (Wildman–Crippen MR) is 83.1 cm³/mol. The number of pyridine rings is 1. The standard InChI is InChI=1S/C12H12N2O.3ClH/c15-12-9-5-3-7-13-11(9)8-4-1-2-6-10(8)14-12;;;/h1-2,4,6,13H,3,5,7H2,(H,14,15);3*1H. The van der Waals surface area contributed by atoms with Crippen LogP contribution in [0.15, 0.2) is 29.1 Å². The zero-order chi connectivity index (χ0) is 10.3. The number of halogens is 3. The zero-order valence-electron chi connectivity index (χ0n) is 9.56. The SMILES string of the molecule is Cl.Cl.Cl.O=c1[nH]c2ccccc2c2c1CCCN2. The van der Waals surface area contributed by atoms with Crippen LogP contribution in [0.3, 0.4) is 0 Å². The topological polar surface area (TPSA) is 44.9 Å². The lowest BCUT2D eigenvalue weighted by atomic mass is 10.0. The molecule has 1 aliphatic rings. The fourth-order valence-electron chi connectivity index (χ4n) is 2.20. The van der Waals surface area contributed by atoms with Crippen molar-refractivity contribution in [3.05, 3.63) is 40.2 Å². The highest BCUT2D eigenvalue weighted by molar-refractivity contribution is 5.92. The molecule has 0 fully saturated rings. The molecule has 0 spiro atoms. The summed E-state index contributed by atoms with van der Waals surface area (Å²) in [5.74, 6) is 0. The molecule has 3 nitrogen and oxygen atoms in total. The predicted octanol–water partition coefficient (Wildman–Crippen LogP) is 3.15. The van der Waals surface area contributed by atoms with E-state index in [-0.39, 0.29) is 42.8 Å². The van der Waals surface area contributed by atoms with Gasteiger partial charge in [0.2, 0.25) is 0 Å². The summed E-state index contributed by atoms with van der Waals surface area (Å²) in [6.07, 6.45) is 1.91. The Bertz CT molecular complexity index is 583. The highest BCUT2D eigenvalue weighted by Gasteiger charge is 2.14. The van der Waals surface area contributed by atoms with Crippen LogP contribution in [0.2, 0.25) is 0 Å². The van der Waals surface area contributed by atoms with Crippen molar-refractivity contribution in [1.82, 2.24) is 4.98 Å². The average Bonchev–Trinajstić information content (AvgIpc) is 2.30. The van der Waals surface area contributed by atoms with Crippen LogP contribution in [0.1, 0.15) is 12.0 Å². The van der Waals surface area contributed by atoms with Crippen molar-refractivity contribution >= 4 is 53.8 Å². The van der Waals surface area contributed by atoms with Crippen molar-refractivity contribution in [1.29, 1.82) is 0 Å². The van der Waals surface area contributed by atoms with E-state index in [0.717, 1.165) is 41.5 Å². The van der Waals surface area contributed by atoms with Crippen LogP contribution >= 0.6 is 37.2 Å². The van der Waals surface area contributed by atoms with Gasteiger partial charge in [0.15, 0.2) is 0 Å². The number of para-hydroxylation sites is 1. The van der Waals surface area contributed by atoms with E-state index >= 15 is 0 Å². The Labute approximate surface area is 124 Å². The minimum absolute atomic E-state index is 0. The van der Waals surface area contributed by atoms with Crippen LogP contribution in [0.25, 0.3) is 10.9 Å². The summed E-state index contributed by atoms with van der Waals surface area (Å²) >= 11 is 0. The van der Waals surface area contributed by atoms with Crippen LogP contribution in [-0.4, -0.2) is 11.5 Å². The van der Waals surface area contributed by atoms with E-state index < -0.39 is 0 Å². The molecule has 1 aromatic heterocycles. The van der Waals surface area contributed by atoms with Crippen molar-refractivity contribution in [2.24, 2.45) is 0 Å². The molecule has 0 saturated heterocycles. The molecule has 1 aliphatic heterocycles. The largest absolute Gasteiger partial charge is 0.384 e. The quantitative estimate of drug-likeness (QED) is 0.785. The highest BCUT2D eigenvalue weighted by Crippen LogP contribution is 2.26. The minimum Gasteiger partial charge on any atom is -0.384 e. The lowest BCUT2D eigenvalue weighted by Crippen LogP contribution is -2.22. The maximum Gasteiger partial charge on any atom is 0.253 e. The van der Waals surface area contributed by atoms with Gasteiger partial charge in [0.25, 0.3) is 5.56 Å². The van der Waals surface area contributed by atoms with Gasteiger partial charge in [-0.3, -0.25) is 4.79 Å². The fraction of sp³-hybridized carbons (Fsp3) is 0.250. The molecule has 0 amide bonds. The summed E-state index contributed by atoms with van der Waals surface area (Å²) in [6.45, 7) is 0.959. The maximum absolute atomic E-state index is 11.8. The van der Waals surface area contributed by atoms with Crippen molar-refractivity contribution in [3.8, 4) is 0 Å². The number of benzene rings is 1. The van der Waals surface area contributed by atoms with Gasteiger partial charge >= 0.3 is 0 Å². The minimum atomic E-state index is 0. The van der Waals surface area contributed by atoms with E-state index in [1.165, 1.54) is 0 Å². The van der Waals surface area contributed by atoms with E-state index in [1.54, 1.807) is 0 Å². The Morgan fingerprint density at radius 1 is 1.06 bits per heavy atom. The van der Waals surface area contributed by atoms with Gasteiger partial charge in [-0.1, -0.05) is 18.2 Å². The molecule has 0 atom stereocenters. The summed E-state index contributed by atoms with van der Waals surface area (Å²) in [7, 11) is 0. The van der Waals surface area contributed by atoms with Crippen molar-refractivity contribution in [2.45, 2.75) is 12.8 Å². The molecule has 0 aliphatic carbocycles. The molecule has 0 radical (unpaired) electrons. The Balaban J connectivity index is 0.000000963.